The summed E-state index contributed by atoms with van der Waals surface area (Å²) in [5.74, 6) is 0.399. The number of piperidine rings is 1. The van der Waals surface area contributed by atoms with E-state index in [0.29, 0.717) is 23.9 Å². The van der Waals surface area contributed by atoms with E-state index in [0.717, 1.165) is 29.4 Å². The molecular weight excluding hydrogens is 340 g/mol. The Balaban J connectivity index is 2.28. The van der Waals surface area contributed by atoms with Gasteiger partial charge < -0.3 is 5.32 Å². The molecule has 0 radical (unpaired) electrons. The van der Waals surface area contributed by atoms with Crippen LogP contribution in [0, 0.1) is 12.8 Å². The Morgan fingerprint density at radius 1 is 1.45 bits per heavy atom. The van der Waals surface area contributed by atoms with Gasteiger partial charge in [-0.25, -0.2) is 8.42 Å². The molecule has 2 rings (SSSR count). The molecule has 1 aromatic rings. The quantitative estimate of drug-likeness (QED) is 0.896. The smallest absolute Gasteiger partial charge is 0.243 e. The van der Waals surface area contributed by atoms with Gasteiger partial charge in [-0.1, -0.05) is 22.0 Å². The fourth-order valence-corrected chi connectivity index (χ4v) is 5.01. The van der Waals surface area contributed by atoms with Crippen molar-refractivity contribution in [1.82, 2.24) is 9.62 Å². The first-order valence-electron chi connectivity index (χ1n) is 6.86. The SMILES string of the molecule is CNCC1CCCN(S(=O)(=O)c2cccc(Br)c2C)C1. The van der Waals surface area contributed by atoms with Crippen molar-refractivity contribution in [3.63, 3.8) is 0 Å². The van der Waals surface area contributed by atoms with Gasteiger partial charge in [-0.2, -0.15) is 4.31 Å². The van der Waals surface area contributed by atoms with E-state index >= 15 is 0 Å². The van der Waals surface area contributed by atoms with Gasteiger partial charge >= 0.3 is 0 Å². The third-order valence-corrected chi connectivity index (χ3v) is 6.68. The summed E-state index contributed by atoms with van der Waals surface area (Å²) in [6, 6.07) is 5.34. The van der Waals surface area contributed by atoms with Gasteiger partial charge in [0.05, 0.1) is 4.90 Å². The molecule has 1 unspecified atom stereocenters. The van der Waals surface area contributed by atoms with Crippen LogP contribution >= 0.6 is 15.9 Å². The Kier molecular flexibility index (Phi) is 5.23. The van der Waals surface area contributed by atoms with Crippen LogP contribution in [0.5, 0.6) is 0 Å². The van der Waals surface area contributed by atoms with E-state index in [9.17, 15) is 8.42 Å². The Morgan fingerprint density at radius 3 is 2.90 bits per heavy atom. The van der Waals surface area contributed by atoms with Crippen LogP contribution in [-0.2, 0) is 10.0 Å². The maximum atomic E-state index is 12.8. The average molecular weight is 361 g/mol. The maximum absolute atomic E-state index is 12.8. The van der Waals surface area contributed by atoms with Crippen molar-refractivity contribution in [2.45, 2.75) is 24.7 Å². The Labute approximate surface area is 129 Å². The highest BCUT2D eigenvalue weighted by Crippen LogP contribution is 2.28. The first kappa shape index (κ1) is 15.9. The fraction of sp³-hybridized carbons (Fsp3) is 0.571. The molecule has 20 heavy (non-hydrogen) atoms. The van der Waals surface area contributed by atoms with E-state index in [1.165, 1.54) is 0 Å². The van der Waals surface area contributed by atoms with Crippen molar-refractivity contribution in [2.75, 3.05) is 26.7 Å². The van der Waals surface area contributed by atoms with Gasteiger partial charge in [-0.15, -0.1) is 0 Å². The number of rotatable bonds is 4. The minimum absolute atomic E-state index is 0.399. The van der Waals surface area contributed by atoms with E-state index in [1.807, 2.05) is 20.0 Å². The highest BCUT2D eigenvalue weighted by atomic mass is 79.9. The molecule has 0 aliphatic carbocycles. The number of sulfonamides is 1. The second-order valence-electron chi connectivity index (χ2n) is 5.29. The first-order chi connectivity index (χ1) is 9.46. The molecule has 112 valence electrons. The van der Waals surface area contributed by atoms with Crippen molar-refractivity contribution in [2.24, 2.45) is 5.92 Å². The zero-order valence-corrected chi connectivity index (χ0v) is 14.3. The minimum atomic E-state index is -3.39. The van der Waals surface area contributed by atoms with Crippen molar-refractivity contribution >= 4 is 26.0 Å². The lowest BCUT2D eigenvalue weighted by molar-refractivity contribution is 0.263. The lowest BCUT2D eigenvalue weighted by atomic mass is 10.00. The first-order valence-corrected chi connectivity index (χ1v) is 9.10. The molecule has 1 heterocycles. The number of nitrogens with zero attached hydrogens (tertiary/aromatic N) is 1. The van der Waals surface area contributed by atoms with Crippen LogP contribution in [-0.4, -0.2) is 39.4 Å². The van der Waals surface area contributed by atoms with Gasteiger partial charge in [0.2, 0.25) is 10.0 Å². The van der Waals surface area contributed by atoms with Crippen LogP contribution in [0.15, 0.2) is 27.6 Å². The van der Waals surface area contributed by atoms with Gasteiger partial charge in [0.25, 0.3) is 0 Å². The Hall–Kier alpha value is -0.430. The summed E-state index contributed by atoms with van der Waals surface area (Å²) in [5.41, 5.74) is 0.781. The molecule has 1 aliphatic rings. The number of hydrogen-bond donors (Lipinski definition) is 1. The monoisotopic (exact) mass is 360 g/mol. The highest BCUT2D eigenvalue weighted by Gasteiger charge is 2.31. The second kappa shape index (κ2) is 6.56. The predicted octanol–water partition coefficient (Wildman–Crippen LogP) is 2.38. The molecule has 1 saturated heterocycles. The summed E-state index contributed by atoms with van der Waals surface area (Å²) >= 11 is 3.41. The van der Waals surface area contributed by atoms with Gasteiger partial charge in [0.1, 0.15) is 0 Å². The van der Waals surface area contributed by atoms with Crippen molar-refractivity contribution in [1.29, 1.82) is 0 Å². The molecule has 0 aromatic heterocycles. The van der Waals surface area contributed by atoms with E-state index in [2.05, 4.69) is 21.2 Å². The molecule has 0 spiro atoms. The molecule has 0 amide bonds. The zero-order valence-electron chi connectivity index (χ0n) is 11.9. The molecule has 0 bridgehead atoms. The van der Waals surface area contributed by atoms with Gasteiger partial charge in [-0.3, -0.25) is 0 Å². The lowest BCUT2D eigenvalue weighted by Gasteiger charge is -2.32. The summed E-state index contributed by atoms with van der Waals surface area (Å²) in [7, 11) is -1.48. The van der Waals surface area contributed by atoms with E-state index in [4.69, 9.17) is 0 Å². The van der Waals surface area contributed by atoms with Crippen molar-refractivity contribution in [3.05, 3.63) is 28.2 Å². The summed E-state index contributed by atoms with van der Waals surface area (Å²) < 4.78 is 28.1. The summed E-state index contributed by atoms with van der Waals surface area (Å²) in [6.07, 6.45) is 2.02. The van der Waals surface area contributed by atoms with Crippen LogP contribution in [0.3, 0.4) is 0 Å². The zero-order chi connectivity index (χ0) is 14.8. The van der Waals surface area contributed by atoms with Crippen LogP contribution in [0.2, 0.25) is 0 Å². The fourth-order valence-electron chi connectivity index (χ4n) is 2.71. The predicted molar refractivity (Wildman–Crippen MR) is 84.3 cm³/mol. The van der Waals surface area contributed by atoms with Gasteiger partial charge in [-0.05, 0) is 57.0 Å². The number of nitrogens with one attached hydrogen (secondary N) is 1. The van der Waals surface area contributed by atoms with E-state index in [1.54, 1.807) is 16.4 Å². The summed E-state index contributed by atoms with van der Waals surface area (Å²) in [4.78, 5) is 0.414. The molecule has 6 heteroatoms. The molecule has 1 N–H and O–H groups in total. The van der Waals surface area contributed by atoms with Crippen LogP contribution < -0.4 is 5.32 Å². The van der Waals surface area contributed by atoms with Crippen LogP contribution in [0.1, 0.15) is 18.4 Å². The second-order valence-corrected chi connectivity index (χ2v) is 8.05. The normalized spacial score (nSPS) is 21.1. The number of hydrogen-bond acceptors (Lipinski definition) is 3. The standard InChI is InChI=1S/C14H21BrN2O2S/c1-11-13(15)6-3-7-14(11)20(18,19)17-8-4-5-12(10-17)9-16-2/h3,6-7,12,16H,4-5,8-10H2,1-2H3. The van der Waals surface area contributed by atoms with Gasteiger partial charge in [0, 0.05) is 17.6 Å². The number of benzene rings is 1. The molecule has 1 aromatic carbocycles. The Morgan fingerprint density at radius 2 is 2.20 bits per heavy atom. The van der Waals surface area contributed by atoms with E-state index < -0.39 is 10.0 Å². The summed E-state index contributed by atoms with van der Waals surface area (Å²) in [5, 5.41) is 3.14. The molecular formula is C14H21BrN2O2S. The average Bonchev–Trinajstić information content (AvgIpc) is 2.42. The number of halogens is 1. The minimum Gasteiger partial charge on any atom is -0.319 e. The van der Waals surface area contributed by atoms with Crippen molar-refractivity contribution in [3.8, 4) is 0 Å². The third kappa shape index (κ3) is 3.24. The van der Waals surface area contributed by atoms with Gasteiger partial charge in [0.15, 0.2) is 0 Å². The lowest BCUT2D eigenvalue weighted by Crippen LogP contribution is -2.42. The molecule has 1 atom stereocenters. The largest absolute Gasteiger partial charge is 0.319 e. The molecule has 1 aliphatic heterocycles. The van der Waals surface area contributed by atoms with Crippen LogP contribution in [0.4, 0.5) is 0 Å². The van der Waals surface area contributed by atoms with Crippen LogP contribution in [0.25, 0.3) is 0 Å². The molecule has 4 nitrogen and oxygen atoms in total. The highest BCUT2D eigenvalue weighted by molar-refractivity contribution is 9.10. The van der Waals surface area contributed by atoms with E-state index in [-0.39, 0.29) is 0 Å². The summed E-state index contributed by atoms with van der Waals surface area (Å²) in [6.45, 7) is 3.93. The topological polar surface area (TPSA) is 49.4 Å². The molecule has 1 fully saturated rings. The molecule has 0 saturated carbocycles. The van der Waals surface area contributed by atoms with Crippen molar-refractivity contribution < 1.29 is 8.42 Å². The Bertz CT molecular complexity index is 573. The maximum Gasteiger partial charge on any atom is 0.243 e. The third-order valence-electron chi connectivity index (χ3n) is 3.81.